The number of aryl methyl sites for hydroxylation is 2. The second kappa shape index (κ2) is 9.99. The number of nitrogens with zero attached hydrogens (tertiary/aromatic N) is 3. The molecule has 0 spiro atoms. The van der Waals surface area contributed by atoms with E-state index in [0.717, 1.165) is 42.7 Å². The molecule has 3 aromatic rings. The van der Waals surface area contributed by atoms with E-state index in [9.17, 15) is 4.79 Å². The third-order valence-corrected chi connectivity index (χ3v) is 6.83. The van der Waals surface area contributed by atoms with E-state index in [-0.39, 0.29) is 11.5 Å². The molecule has 4 rings (SSSR count). The van der Waals surface area contributed by atoms with Crippen molar-refractivity contribution >= 4 is 10.9 Å². The normalized spacial score (nSPS) is 17.5. The first kappa shape index (κ1) is 22.7. The van der Waals surface area contributed by atoms with E-state index in [1.54, 1.807) is 0 Å². The molecule has 0 bridgehead atoms. The van der Waals surface area contributed by atoms with Crippen molar-refractivity contribution in [3.63, 3.8) is 0 Å². The Kier molecular flexibility index (Phi) is 7.10. The quantitative estimate of drug-likeness (QED) is 0.501. The van der Waals surface area contributed by atoms with Crippen molar-refractivity contribution in [2.75, 3.05) is 13.1 Å². The molecule has 0 aliphatic carbocycles. The predicted molar refractivity (Wildman–Crippen MR) is 133 cm³/mol. The average Bonchev–Trinajstić information content (AvgIpc) is 2.80. The lowest BCUT2D eigenvalue weighted by molar-refractivity contribution is 0.129. The van der Waals surface area contributed by atoms with Crippen molar-refractivity contribution in [3.05, 3.63) is 75.8 Å². The smallest absolute Gasteiger partial charge is 0.261 e. The van der Waals surface area contributed by atoms with Gasteiger partial charge < -0.3 is 4.90 Å². The van der Waals surface area contributed by atoms with Crippen LogP contribution in [0.3, 0.4) is 0 Å². The van der Waals surface area contributed by atoms with Gasteiger partial charge in [-0.2, -0.15) is 0 Å². The van der Waals surface area contributed by atoms with Gasteiger partial charge in [0.1, 0.15) is 5.82 Å². The zero-order valence-corrected chi connectivity index (χ0v) is 20.1. The Morgan fingerprint density at radius 2 is 1.75 bits per heavy atom. The zero-order valence-electron chi connectivity index (χ0n) is 20.1. The first-order chi connectivity index (χ1) is 15.4. The summed E-state index contributed by atoms with van der Waals surface area (Å²) in [4.78, 5) is 21.2. The molecule has 1 aromatic heterocycles. The predicted octanol–water partition coefficient (Wildman–Crippen LogP) is 5.43. The molecule has 1 aliphatic heterocycles. The van der Waals surface area contributed by atoms with Crippen molar-refractivity contribution in [2.24, 2.45) is 5.92 Å². The molecule has 4 heteroatoms. The van der Waals surface area contributed by atoms with Gasteiger partial charge >= 0.3 is 0 Å². The third-order valence-electron chi connectivity index (χ3n) is 6.83. The Hall–Kier alpha value is -2.46. The summed E-state index contributed by atoms with van der Waals surface area (Å²) in [6.07, 6.45) is 4.30. The van der Waals surface area contributed by atoms with Crippen LogP contribution in [0.2, 0.25) is 0 Å². The SMILES string of the molecule is CC(C)c1nc2ccc(CCc3ccccc3)cc2c(=O)n1CC1CCCN(C(C)C)C1. The van der Waals surface area contributed by atoms with Crippen LogP contribution < -0.4 is 5.56 Å². The molecule has 32 heavy (non-hydrogen) atoms. The fraction of sp³-hybridized carbons (Fsp3) is 0.500. The number of hydrogen-bond acceptors (Lipinski definition) is 3. The Balaban J connectivity index is 1.63. The third kappa shape index (κ3) is 5.12. The number of likely N-dealkylation sites (tertiary alicyclic amines) is 1. The highest BCUT2D eigenvalue weighted by Gasteiger charge is 2.24. The summed E-state index contributed by atoms with van der Waals surface area (Å²) in [6, 6.07) is 17.3. The summed E-state index contributed by atoms with van der Waals surface area (Å²) < 4.78 is 1.99. The summed E-state index contributed by atoms with van der Waals surface area (Å²) in [6.45, 7) is 11.8. The largest absolute Gasteiger partial charge is 0.301 e. The molecule has 1 fully saturated rings. The number of hydrogen-bond donors (Lipinski definition) is 0. The number of fused-ring (bicyclic) bond motifs is 1. The number of aromatic nitrogens is 2. The van der Waals surface area contributed by atoms with Crippen LogP contribution in [0.5, 0.6) is 0 Å². The van der Waals surface area contributed by atoms with E-state index in [1.165, 1.54) is 30.5 Å². The lowest BCUT2D eigenvalue weighted by atomic mass is 9.96. The Morgan fingerprint density at radius 1 is 1.00 bits per heavy atom. The lowest BCUT2D eigenvalue weighted by Gasteiger charge is -2.36. The molecular weight excluding hydrogens is 394 g/mol. The number of piperidine rings is 1. The van der Waals surface area contributed by atoms with Gasteiger partial charge in [-0.15, -0.1) is 0 Å². The second-order valence-electron chi connectivity index (χ2n) is 9.97. The second-order valence-corrected chi connectivity index (χ2v) is 9.97. The zero-order chi connectivity index (χ0) is 22.7. The van der Waals surface area contributed by atoms with Crippen molar-refractivity contribution in [1.29, 1.82) is 0 Å². The lowest BCUT2D eigenvalue weighted by Crippen LogP contribution is -2.42. The van der Waals surface area contributed by atoms with Crippen LogP contribution in [0.15, 0.2) is 53.3 Å². The minimum atomic E-state index is 0.127. The molecule has 0 radical (unpaired) electrons. The van der Waals surface area contributed by atoms with Crippen LogP contribution in [-0.2, 0) is 19.4 Å². The van der Waals surface area contributed by atoms with Gasteiger partial charge in [0.2, 0.25) is 0 Å². The first-order valence-electron chi connectivity index (χ1n) is 12.2. The van der Waals surface area contributed by atoms with Gasteiger partial charge in [-0.3, -0.25) is 9.36 Å². The Labute approximate surface area is 192 Å². The maximum Gasteiger partial charge on any atom is 0.261 e. The maximum absolute atomic E-state index is 13.7. The summed E-state index contributed by atoms with van der Waals surface area (Å²) in [5.41, 5.74) is 3.48. The van der Waals surface area contributed by atoms with Crippen molar-refractivity contribution in [2.45, 2.75) is 71.9 Å². The standard InChI is InChI=1S/C28H37N3O/c1-20(2)27-29-26-15-14-23(13-12-22-9-6-5-7-10-22)17-25(26)28(32)31(27)19-24-11-8-16-30(18-24)21(3)4/h5-7,9-10,14-15,17,20-21,24H,8,11-13,16,18-19H2,1-4H3. The fourth-order valence-corrected chi connectivity index (χ4v) is 4.96. The molecule has 1 aliphatic rings. The molecule has 4 nitrogen and oxygen atoms in total. The first-order valence-corrected chi connectivity index (χ1v) is 12.2. The van der Waals surface area contributed by atoms with Gasteiger partial charge in [-0.1, -0.05) is 50.2 Å². The molecule has 2 heterocycles. The highest BCUT2D eigenvalue weighted by Crippen LogP contribution is 2.23. The monoisotopic (exact) mass is 431 g/mol. The van der Waals surface area contributed by atoms with Crippen molar-refractivity contribution in [3.8, 4) is 0 Å². The van der Waals surface area contributed by atoms with Gasteiger partial charge in [-0.25, -0.2) is 4.98 Å². The van der Waals surface area contributed by atoms with E-state index in [4.69, 9.17) is 4.98 Å². The molecule has 0 N–H and O–H groups in total. The summed E-state index contributed by atoms with van der Waals surface area (Å²) in [5, 5.41) is 0.761. The summed E-state index contributed by atoms with van der Waals surface area (Å²) in [7, 11) is 0. The van der Waals surface area contributed by atoms with E-state index >= 15 is 0 Å². The van der Waals surface area contributed by atoms with Crippen LogP contribution in [-0.4, -0.2) is 33.6 Å². The highest BCUT2D eigenvalue weighted by atomic mass is 16.1. The topological polar surface area (TPSA) is 38.1 Å². The van der Waals surface area contributed by atoms with Crippen molar-refractivity contribution < 1.29 is 0 Å². The number of rotatable bonds is 7. The van der Waals surface area contributed by atoms with Crippen LogP contribution in [0, 0.1) is 5.92 Å². The van der Waals surface area contributed by atoms with Crippen LogP contribution in [0.1, 0.15) is 63.4 Å². The molecule has 2 aromatic carbocycles. The summed E-state index contributed by atoms with van der Waals surface area (Å²) in [5.74, 6) is 1.64. The molecule has 1 saturated heterocycles. The van der Waals surface area contributed by atoms with Gasteiger partial charge in [0.25, 0.3) is 5.56 Å². The van der Waals surface area contributed by atoms with E-state index in [2.05, 4.69) is 69.0 Å². The highest BCUT2D eigenvalue weighted by molar-refractivity contribution is 5.78. The van der Waals surface area contributed by atoms with Crippen LogP contribution in [0.4, 0.5) is 0 Å². The van der Waals surface area contributed by atoms with Gasteiger partial charge in [0.05, 0.1) is 10.9 Å². The average molecular weight is 432 g/mol. The summed E-state index contributed by atoms with van der Waals surface area (Å²) >= 11 is 0. The molecule has 170 valence electrons. The van der Waals surface area contributed by atoms with Gasteiger partial charge in [0.15, 0.2) is 0 Å². The molecule has 0 saturated carbocycles. The number of benzene rings is 2. The van der Waals surface area contributed by atoms with E-state index in [0.29, 0.717) is 12.0 Å². The van der Waals surface area contributed by atoms with E-state index < -0.39 is 0 Å². The maximum atomic E-state index is 13.7. The minimum Gasteiger partial charge on any atom is -0.301 e. The van der Waals surface area contributed by atoms with Crippen LogP contribution in [0.25, 0.3) is 10.9 Å². The van der Waals surface area contributed by atoms with Crippen molar-refractivity contribution in [1.82, 2.24) is 14.5 Å². The Morgan fingerprint density at radius 3 is 2.47 bits per heavy atom. The van der Waals surface area contributed by atoms with Crippen LogP contribution >= 0.6 is 0 Å². The van der Waals surface area contributed by atoms with E-state index in [1.807, 2.05) is 16.7 Å². The molecular formula is C28H37N3O. The van der Waals surface area contributed by atoms with Gasteiger partial charge in [-0.05, 0) is 75.3 Å². The Bertz CT molecular complexity index is 1100. The fourth-order valence-electron chi connectivity index (χ4n) is 4.96. The molecule has 1 unspecified atom stereocenters. The molecule has 0 amide bonds. The minimum absolute atomic E-state index is 0.127. The molecule has 1 atom stereocenters. The van der Waals surface area contributed by atoms with Gasteiger partial charge in [0, 0.05) is 25.0 Å².